The molecule has 8 nitrogen and oxygen atoms in total. The summed E-state index contributed by atoms with van der Waals surface area (Å²) in [7, 11) is 1.57. The number of carbonyl (C=O) groups excluding carboxylic acids is 1. The van der Waals surface area contributed by atoms with Crippen molar-refractivity contribution in [2.24, 2.45) is 0 Å². The second kappa shape index (κ2) is 40.1. The van der Waals surface area contributed by atoms with Crippen LogP contribution in [-0.2, 0) is 18.4 Å². The second-order valence-corrected chi connectivity index (χ2v) is 18.9. The fourth-order valence-corrected chi connectivity index (χ4v) is 7.51. The van der Waals surface area contributed by atoms with E-state index in [1.54, 1.807) is 6.08 Å². The number of hydrogen-bond donors (Lipinski definition) is 3. The standard InChI is InChI=1S/C48H93N2O6P/c1-6-8-10-12-14-16-18-19-20-21-22-23-24-25-26-27-28-29-30-31-32-34-36-38-40-42-48(52)49-46(45-56-57(53,54)55-44-43-50(3,4)5)47(51)41-39-37-35-33-17-15-13-11-9-7-2/h18-19,21-22,39,41,46-47,51H,6-17,20,23-38,40,42-45H2,1-5H3,(H-,49,52,53,54)/p+1/b19-18-,22-21-,41-39+. The number of rotatable bonds is 43. The minimum atomic E-state index is -4.33. The summed E-state index contributed by atoms with van der Waals surface area (Å²) in [6.45, 7) is 4.78. The summed E-state index contributed by atoms with van der Waals surface area (Å²) in [5.74, 6) is -0.180. The van der Waals surface area contributed by atoms with Crippen LogP contribution in [0.3, 0.4) is 0 Å². The lowest BCUT2D eigenvalue weighted by atomic mass is 10.0. The Labute approximate surface area is 353 Å². The van der Waals surface area contributed by atoms with E-state index in [1.807, 2.05) is 27.2 Å². The molecule has 0 aromatic carbocycles. The molecule has 57 heavy (non-hydrogen) atoms. The molecular weight excluding hydrogens is 732 g/mol. The van der Waals surface area contributed by atoms with E-state index in [-0.39, 0.29) is 19.1 Å². The summed E-state index contributed by atoms with van der Waals surface area (Å²) in [6.07, 6.45) is 49.4. The Hall–Kier alpha value is -1.28. The molecule has 0 fully saturated rings. The van der Waals surface area contributed by atoms with E-state index in [2.05, 4.69) is 43.5 Å². The largest absolute Gasteiger partial charge is 0.472 e. The maximum absolute atomic E-state index is 12.9. The SMILES string of the molecule is CCCCCCC/C=C\C/C=C\CCCCCCCCCCCCCCCC(=O)NC(COP(=O)(O)OCC[N+](C)(C)C)C(O)/C=C/CCCCCCCCCC. The first-order valence-corrected chi connectivity index (χ1v) is 25.4. The van der Waals surface area contributed by atoms with Gasteiger partial charge in [-0.15, -0.1) is 0 Å². The van der Waals surface area contributed by atoms with Gasteiger partial charge in [0, 0.05) is 6.42 Å². The van der Waals surface area contributed by atoms with Crippen LogP contribution in [0, 0.1) is 0 Å². The van der Waals surface area contributed by atoms with Gasteiger partial charge in [-0.2, -0.15) is 0 Å². The van der Waals surface area contributed by atoms with Gasteiger partial charge >= 0.3 is 7.82 Å². The summed E-state index contributed by atoms with van der Waals surface area (Å²) in [4.78, 5) is 23.1. The van der Waals surface area contributed by atoms with Crippen LogP contribution in [0.25, 0.3) is 0 Å². The van der Waals surface area contributed by atoms with Gasteiger partial charge in [-0.25, -0.2) is 4.57 Å². The molecule has 0 rings (SSSR count). The molecule has 0 heterocycles. The molecule has 1 amide bonds. The molecule has 0 aromatic rings. The highest BCUT2D eigenvalue weighted by atomic mass is 31.2. The minimum absolute atomic E-state index is 0.0614. The van der Waals surface area contributed by atoms with E-state index < -0.39 is 20.0 Å². The quantitative estimate of drug-likeness (QED) is 0.0245. The molecule has 0 bridgehead atoms. The van der Waals surface area contributed by atoms with Crippen molar-refractivity contribution in [2.45, 2.75) is 225 Å². The lowest BCUT2D eigenvalue weighted by molar-refractivity contribution is -0.870. The Kier molecular flexibility index (Phi) is 39.2. The Morgan fingerprint density at radius 2 is 1.00 bits per heavy atom. The number of phosphoric acid groups is 1. The van der Waals surface area contributed by atoms with Crippen molar-refractivity contribution >= 4 is 13.7 Å². The molecule has 0 saturated carbocycles. The third kappa shape index (κ3) is 42.6. The number of carbonyl (C=O) groups is 1. The smallest absolute Gasteiger partial charge is 0.387 e. The Morgan fingerprint density at radius 1 is 0.596 bits per heavy atom. The zero-order chi connectivity index (χ0) is 42.1. The van der Waals surface area contributed by atoms with Crippen molar-refractivity contribution < 1.29 is 32.9 Å². The summed E-state index contributed by atoms with van der Waals surface area (Å²) < 4.78 is 23.5. The van der Waals surface area contributed by atoms with Crippen molar-refractivity contribution in [1.82, 2.24) is 5.32 Å². The molecule has 0 aliphatic carbocycles. The predicted octanol–water partition coefficient (Wildman–Crippen LogP) is 13.5. The normalized spacial score (nSPS) is 14.6. The van der Waals surface area contributed by atoms with Crippen LogP contribution >= 0.6 is 7.82 Å². The van der Waals surface area contributed by atoms with Gasteiger partial charge in [-0.3, -0.25) is 13.8 Å². The Bertz CT molecular complexity index is 1030. The van der Waals surface area contributed by atoms with Crippen LogP contribution in [-0.4, -0.2) is 73.4 Å². The van der Waals surface area contributed by atoms with Gasteiger partial charge in [0.05, 0.1) is 39.9 Å². The highest BCUT2D eigenvalue weighted by molar-refractivity contribution is 7.47. The number of aliphatic hydroxyl groups excluding tert-OH is 1. The van der Waals surface area contributed by atoms with Gasteiger partial charge in [0.2, 0.25) is 5.91 Å². The number of hydrogen-bond acceptors (Lipinski definition) is 5. The third-order valence-corrected chi connectivity index (χ3v) is 11.6. The molecule has 9 heteroatoms. The second-order valence-electron chi connectivity index (χ2n) is 17.5. The van der Waals surface area contributed by atoms with Crippen LogP contribution in [0.15, 0.2) is 36.5 Å². The van der Waals surface area contributed by atoms with Crippen LogP contribution < -0.4 is 5.32 Å². The van der Waals surface area contributed by atoms with Gasteiger partial charge in [0.25, 0.3) is 0 Å². The molecule has 0 radical (unpaired) electrons. The summed E-state index contributed by atoms with van der Waals surface area (Å²) in [5.41, 5.74) is 0. The number of quaternary nitrogens is 1. The van der Waals surface area contributed by atoms with Gasteiger partial charge in [-0.1, -0.05) is 192 Å². The number of likely N-dealkylation sites (N-methyl/N-ethyl adjacent to an activating group) is 1. The molecular formula is C48H94N2O6P+. The lowest BCUT2D eigenvalue weighted by Crippen LogP contribution is -2.45. The summed E-state index contributed by atoms with van der Waals surface area (Å²) in [5, 5.41) is 13.8. The number of phosphoric ester groups is 1. The number of aliphatic hydroxyl groups is 1. The molecule has 0 aliphatic rings. The fourth-order valence-electron chi connectivity index (χ4n) is 6.78. The van der Waals surface area contributed by atoms with Crippen molar-refractivity contribution in [3.8, 4) is 0 Å². The molecule has 0 saturated heterocycles. The van der Waals surface area contributed by atoms with Crippen molar-refractivity contribution in [1.29, 1.82) is 0 Å². The highest BCUT2D eigenvalue weighted by Gasteiger charge is 2.27. The molecule has 3 unspecified atom stereocenters. The first-order chi connectivity index (χ1) is 27.5. The molecule has 0 aromatic heterocycles. The highest BCUT2D eigenvalue weighted by Crippen LogP contribution is 2.43. The van der Waals surface area contributed by atoms with Crippen LogP contribution in [0.2, 0.25) is 0 Å². The van der Waals surface area contributed by atoms with Crippen molar-refractivity contribution in [3.05, 3.63) is 36.5 Å². The van der Waals surface area contributed by atoms with Crippen LogP contribution in [0.4, 0.5) is 0 Å². The van der Waals surface area contributed by atoms with Gasteiger partial charge in [-0.05, 0) is 51.4 Å². The summed E-state index contributed by atoms with van der Waals surface area (Å²) in [6, 6.07) is -0.844. The maximum Gasteiger partial charge on any atom is 0.472 e. The molecule has 3 atom stereocenters. The molecule has 0 spiro atoms. The molecule has 336 valence electrons. The van der Waals surface area contributed by atoms with Crippen LogP contribution in [0.5, 0.6) is 0 Å². The first kappa shape index (κ1) is 55.7. The number of nitrogens with zero attached hydrogens (tertiary/aromatic N) is 1. The minimum Gasteiger partial charge on any atom is -0.387 e. The Balaban J connectivity index is 4.17. The zero-order valence-electron chi connectivity index (χ0n) is 38.1. The zero-order valence-corrected chi connectivity index (χ0v) is 39.0. The van der Waals surface area contributed by atoms with Gasteiger partial charge in [0.1, 0.15) is 13.2 Å². The van der Waals surface area contributed by atoms with Gasteiger partial charge in [0.15, 0.2) is 0 Å². The van der Waals surface area contributed by atoms with E-state index >= 15 is 0 Å². The van der Waals surface area contributed by atoms with E-state index in [0.717, 1.165) is 44.9 Å². The maximum atomic E-state index is 12.9. The van der Waals surface area contributed by atoms with E-state index in [0.29, 0.717) is 17.4 Å². The van der Waals surface area contributed by atoms with Crippen LogP contribution in [0.1, 0.15) is 213 Å². The van der Waals surface area contributed by atoms with E-state index in [4.69, 9.17) is 9.05 Å². The van der Waals surface area contributed by atoms with Crippen molar-refractivity contribution in [3.63, 3.8) is 0 Å². The molecule has 0 aliphatic heterocycles. The summed E-state index contributed by atoms with van der Waals surface area (Å²) >= 11 is 0. The predicted molar refractivity (Wildman–Crippen MR) is 244 cm³/mol. The number of nitrogens with one attached hydrogen (secondary N) is 1. The van der Waals surface area contributed by atoms with Gasteiger partial charge < -0.3 is 19.8 Å². The first-order valence-electron chi connectivity index (χ1n) is 23.9. The average Bonchev–Trinajstić information content (AvgIpc) is 3.16. The topological polar surface area (TPSA) is 105 Å². The number of unbranched alkanes of at least 4 members (excludes halogenated alkanes) is 26. The number of allylic oxidation sites excluding steroid dienone is 5. The monoisotopic (exact) mass is 826 g/mol. The molecule has 3 N–H and O–H groups in total. The number of amides is 1. The lowest BCUT2D eigenvalue weighted by Gasteiger charge is -2.25. The van der Waals surface area contributed by atoms with E-state index in [1.165, 1.54) is 148 Å². The average molecular weight is 826 g/mol. The van der Waals surface area contributed by atoms with Crippen molar-refractivity contribution in [2.75, 3.05) is 40.9 Å². The third-order valence-electron chi connectivity index (χ3n) is 10.6. The van der Waals surface area contributed by atoms with E-state index in [9.17, 15) is 19.4 Å². The Morgan fingerprint density at radius 3 is 1.44 bits per heavy atom. The fraction of sp³-hybridized carbons (Fsp3) is 0.854.